The lowest BCUT2D eigenvalue weighted by molar-refractivity contribution is 0.657. The molecule has 1 aliphatic heterocycles. The van der Waals surface area contributed by atoms with Crippen molar-refractivity contribution in [2.75, 3.05) is 5.75 Å². The summed E-state index contributed by atoms with van der Waals surface area (Å²) in [5, 5.41) is 2.08. The van der Waals surface area contributed by atoms with Gasteiger partial charge in [-0.15, -0.1) is 0 Å². The molecule has 100 valence electrons. The zero-order valence-corrected chi connectivity index (χ0v) is 13.1. The van der Waals surface area contributed by atoms with Crippen LogP contribution in [0.3, 0.4) is 0 Å². The van der Waals surface area contributed by atoms with Crippen molar-refractivity contribution >= 4 is 23.5 Å². The highest BCUT2D eigenvalue weighted by molar-refractivity contribution is 8.07. The lowest BCUT2D eigenvalue weighted by Gasteiger charge is -2.34. The predicted octanol–water partition coefficient (Wildman–Crippen LogP) is 3.49. The number of rotatable bonds is 3. The minimum Gasteiger partial charge on any atom is -0.326 e. The summed E-state index contributed by atoms with van der Waals surface area (Å²) >= 11 is 4.15. The summed E-state index contributed by atoms with van der Waals surface area (Å²) < 4.78 is 0. The molecule has 0 amide bonds. The molecule has 0 aromatic heterocycles. The van der Waals surface area contributed by atoms with Crippen LogP contribution in [0.15, 0.2) is 24.3 Å². The van der Waals surface area contributed by atoms with E-state index >= 15 is 0 Å². The van der Waals surface area contributed by atoms with Crippen molar-refractivity contribution in [2.24, 2.45) is 5.73 Å². The highest BCUT2D eigenvalue weighted by Gasteiger charge is 2.29. The molecule has 3 heteroatoms. The van der Waals surface area contributed by atoms with Crippen LogP contribution in [0, 0.1) is 6.92 Å². The Morgan fingerprint density at radius 3 is 2.50 bits per heavy atom. The Labute approximate surface area is 119 Å². The first-order chi connectivity index (χ1) is 8.56. The Morgan fingerprint density at radius 1 is 1.22 bits per heavy atom. The second-order valence-electron chi connectivity index (χ2n) is 5.27. The maximum absolute atomic E-state index is 6.39. The fourth-order valence-corrected chi connectivity index (χ4v) is 5.22. The van der Waals surface area contributed by atoms with E-state index in [-0.39, 0.29) is 6.04 Å². The number of hydrogen-bond donors (Lipinski definition) is 1. The van der Waals surface area contributed by atoms with Gasteiger partial charge in [-0.3, -0.25) is 0 Å². The summed E-state index contributed by atoms with van der Waals surface area (Å²) in [7, 11) is 0. The molecule has 0 radical (unpaired) electrons. The zero-order chi connectivity index (χ0) is 13.1. The van der Waals surface area contributed by atoms with E-state index in [1.807, 2.05) is 0 Å². The Hall–Kier alpha value is -0.120. The third kappa shape index (κ3) is 3.69. The van der Waals surface area contributed by atoms with Crippen LogP contribution in [0.2, 0.25) is 0 Å². The van der Waals surface area contributed by atoms with Gasteiger partial charge in [0, 0.05) is 27.5 Å². The Kier molecular flexibility index (Phi) is 5.05. The van der Waals surface area contributed by atoms with Gasteiger partial charge < -0.3 is 5.73 Å². The van der Waals surface area contributed by atoms with Gasteiger partial charge in [-0.2, -0.15) is 23.5 Å². The zero-order valence-electron chi connectivity index (χ0n) is 11.4. The van der Waals surface area contributed by atoms with Gasteiger partial charge in [0.2, 0.25) is 0 Å². The summed E-state index contributed by atoms with van der Waals surface area (Å²) in [6.07, 6.45) is 1.000. The van der Waals surface area contributed by atoms with E-state index in [2.05, 4.69) is 68.6 Å². The van der Waals surface area contributed by atoms with Gasteiger partial charge in [0.15, 0.2) is 0 Å². The number of nitrogens with two attached hydrogens (primary N) is 1. The summed E-state index contributed by atoms with van der Waals surface area (Å²) in [6, 6.07) is 9.05. The van der Waals surface area contributed by atoms with E-state index in [0.29, 0.717) is 5.25 Å². The fraction of sp³-hybridized carbons (Fsp3) is 0.600. The molecule has 0 spiro atoms. The molecule has 1 heterocycles. The van der Waals surface area contributed by atoms with Crippen LogP contribution in [0.25, 0.3) is 0 Å². The summed E-state index contributed by atoms with van der Waals surface area (Å²) in [5.41, 5.74) is 9.07. The van der Waals surface area contributed by atoms with Gasteiger partial charge in [0.05, 0.1) is 0 Å². The van der Waals surface area contributed by atoms with Gasteiger partial charge in [0.25, 0.3) is 0 Å². The summed E-state index contributed by atoms with van der Waals surface area (Å²) in [6.45, 7) is 6.78. The van der Waals surface area contributed by atoms with Crippen molar-refractivity contribution < 1.29 is 0 Å². The molecule has 2 N–H and O–H groups in total. The van der Waals surface area contributed by atoms with Crippen molar-refractivity contribution in [3.63, 3.8) is 0 Å². The minimum atomic E-state index is 0.278. The normalized spacial score (nSPS) is 30.1. The van der Waals surface area contributed by atoms with E-state index in [0.717, 1.165) is 16.9 Å². The fourth-order valence-electron chi connectivity index (χ4n) is 2.16. The molecule has 1 saturated heterocycles. The van der Waals surface area contributed by atoms with E-state index in [4.69, 9.17) is 5.73 Å². The van der Waals surface area contributed by atoms with E-state index < -0.39 is 0 Å². The van der Waals surface area contributed by atoms with Gasteiger partial charge >= 0.3 is 0 Å². The molecule has 0 aliphatic carbocycles. The first kappa shape index (κ1) is 14.3. The number of thioether (sulfide) groups is 2. The van der Waals surface area contributed by atoms with Gasteiger partial charge in [-0.25, -0.2) is 0 Å². The molecule has 1 aromatic rings. The average molecular weight is 281 g/mol. The molecule has 1 aliphatic rings. The molecule has 4 unspecified atom stereocenters. The lowest BCUT2D eigenvalue weighted by atomic mass is 10.0. The van der Waals surface area contributed by atoms with Crippen LogP contribution in [0.4, 0.5) is 0 Å². The molecule has 1 fully saturated rings. The standard InChI is InChI=1S/C15H23NS2/c1-10-4-6-13(7-5-10)8-14(16)15-9-17-11(2)12(3)18-15/h4-7,11-12,14-15H,8-9,16H2,1-3H3. The Balaban J connectivity index is 1.91. The quantitative estimate of drug-likeness (QED) is 0.918. The first-order valence-electron chi connectivity index (χ1n) is 6.64. The van der Waals surface area contributed by atoms with E-state index in [9.17, 15) is 0 Å². The van der Waals surface area contributed by atoms with Gasteiger partial charge in [-0.05, 0) is 18.9 Å². The van der Waals surface area contributed by atoms with Crippen LogP contribution in [0.1, 0.15) is 25.0 Å². The number of hydrogen-bond acceptors (Lipinski definition) is 3. The van der Waals surface area contributed by atoms with Crippen LogP contribution in [-0.2, 0) is 6.42 Å². The van der Waals surface area contributed by atoms with Crippen molar-refractivity contribution in [3.05, 3.63) is 35.4 Å². The molecule has 2 rings (SSSR count). The Morgan fingerprint density at radius 2 is 1.89 bits per heavy atom. The monoisotopic (exact) mass is 281 g/mol. The maximum atomic E-state index is 6.39. The topological polar surface area (TPSA) is 26.0 Å². The van der Waals surface area contributed by atoms with Crippen LogP contribution in [0.5, 0.6) is 0 Å². The lowest BCUT2D eigenvalue weighted by Crippen LogP contribution is -2.41. The van der Waals surface area contributed by atoms with Crippen LogP contribution in [-0.4, -0.2) is 27.5 Å². The largest absolute Gasteiger partial charge is 0.326 e. The number of aryl methyl sites for hydroxylation is 1. The van der Waals surface area contributed by atoms with Crippen molar-refractivity contribution in [1.29, 1.82) is 0 Å². The molecule has 4 atom stereocenters. The molecule has 18 heavy (non-hydrogen) atoms. The summed E-state index contributed by atoms with van der Waals surface area (Å²) in [4.78, 5) is 0. The van der Waals surface area contributed by atoms with Crippen molar-refractivity contribution in [3.8, 4) is 0 Å². The molecule has 0 bridgehead atoms. The molecular weight excluding hydrogens is 258 g/mol. The minimum absolute atomic E-state index is 0.278. The smallest absolute Gasteiger partial charge is 0.0295 e. The van der Waals surface area contributed by atoms with Crippen molar-refractivity contribution in [2.45, 2.75) is 49.0 Å². The predicted molar refractivity (Wildman–Crippen MR) is 85.6 cm³/mol. The van der Waals surface area contributed by atoms with Crippen LogP contribution < -0.4 is 5.73 Å². The molecule has 1 aromatic carbocycles. The molecule has 1 nitrogen and oxygen atoms in total. The SMILES string of the molecule is Cc1ccc(CC(N)C2CSC(C)C(C)S2)cc1. The van der Waals surface area contributed by atoms with E-state index in [1.54, 1.807) is 0 Å². The third-order valence-corrected chi connectivity index (χ3v) is 7.22. The van der Waals surface area contributed by atoms with Gasteiger partial charge in [0.1, 0.15) is 0 Å². The number of benzene rings is 1. The van der Waals surface area contributed by atoms with Gasteiger partial charge in [-0.1, -0.05) is 43.7 Å². The highest BCUT2D eigenvalue weighted by atomic mass is 32.2. The maximum Gasteiger partial charge on any atom is 0.0295 e. The van der Waals surface area contributed by atoms with Crippen LogP contribution >= 0.6 is 23.5 Å². The average Bonchev–Trinajstić information content (AvgIpc) is 2.35. The van der Waals surface area contributed by atoms with Crippen molar-refractivity contribution in [1.82, 2.24) is 0 Å². The third-order valence-electron chi connectivity index (χ3n) is 3.64. The van der Waals surface area contributed by atoms with E-state index in [1.165, 1.54) is 16.9 Å². The molecule has 0 saturated carbocycles. The Bertz CT molecular complexity index is 377. The second-order valence-corrected chi connectivity index (χ2v) is 8.30. The highest BCUT2D eigenvalue weighted by Crippen LogP contribution is 2.37. The first-order valence-corrected chi connectivity index (χ1v) is 8.63. The molecular formula is C15H23NS2. The second kappa shape index (κ2) is 6.36. The summed E-state index contributed by atoms with van der Waals surface area (Å²) in [5.74, 6) is 1.20.